The predicted octanol–water partition coefficient (Wildman–Crippen LogP) is 5.35. The highest BCUT2D eigenvalue weighted by Crippen LogP contribution is 2.50. The van der Waals surface area contributed by atoms with Crippen LogP contribution in [0.4, 0.5) is 4.79 Å². The average molecular weight is 526 g/mol. The van der Waals surface area contributed by atoms with Crippen molar-refractivity contribution in [3.63, 3.8) is 0 Å². The number of aromatic nitrogens is 4. The first-order valence-corrected chi connectivity index (χ1v) is 13.1. The molecule has 0 saturated heterocycles. The highest BCUT2D eigenvalue weighted by molar-refractivity contribution is 5.83. The van der Waals surface area contributed by atoms with Crippen molar-refractivity contribution < 1.29 is 14.6 Å². The summed E-state index contributed by atoms with van der Waals surface area (Å²) in [6.45, 7) is 5.98. The molecular formula is C30H31N5O4. The molecule has 0 atom stereocenters. The molecule has 1 amide bonds. The van der Waals surface area contributed by atoms with Crippen LogP contribution in [0.5, 0.6) is 5.88 Å². The van der Waals surface area contributed by atoms with Crippen molar-refractivity contribution in [3.05, 3.63) is 82.5 Å². The van der Waals surface area contributed by atoms with E-state index in [0.717, 1.165) is 47.2 Å². The predicted molar refractivity (Wildman–Crippen MR) is 147 cm³/mol. The molecule has 1 fully saturated rings. The summed E-state index contributed by atoms with van der Waals surface area (Å²) in [4.78, 5) is 31.7. The fourth-order valence-corrected chi connectivity index (χ4v) is 6.00. The standard InChI is InChI=1S/C30H31N5O4/c1-29(2,3)35(28(37)38)30(15-8-16-30)21-13-11-20(12-14-21)25-22(19-9-6-5-7-10-19)17-23-26(31-25)39-18-24-32-33(4)27(36)34(23)24/h5-7,9-14,17H,8,15-16,18H2,1-4H3,(H,37,38). The largest absolute Gasteiger partial charge is 0.468 e. The molecule has 2 aliphatic rings. The van der Waals surface area contributed by atoms with Gasteiger partial charge < -0.3 is 9.84 Å². The van der Waals surface area contributed by atoms with E-state index in [1.165, 1.54) is 4.68 Å². The zero-order valence-corrected chi connectivity index (χ0v) is 22.5. The van der Waals surface area contributed by atoms with Crippen molar-refractivity contribution in [2.75, 3.05) is 0 Å². The van der Waals surface area contributed by atoms with Crippen LogP contribution in [0, 0.1) is 0 Å². The number of carboxylic acid groups (broad SMARTS) is 1. The Bertz CT molecular complexity index is 1630. The van der Waals surface area contributed by atoms with Gasteiger partial charge >= 0.3 is 11.8 Å². The van der Waals surface area contributed by atoms with Crippen LogP contribution in [0.25, 0.3) is 28.1 Å². The molecule has 4 aromatic rings. The minimum Gasteiger partial charge on any atom is -0.468 e. The van der Waals surface area contributed by atoms with Gasteiger partial charge in [0.2, 0.25) is 5.88 Å². The summed E-state index contributed by atoms with van der Waals surface area (Å²) in [6, 6.07) is 19.9. The fraction of sp³-hybridized carbons (Fsp3) is 0.333. The summed E-state index contributed by atoms with van der Waals surface area (Å²) in [5.74, 6) is 0.900. The van der Waals surface area contributed by atoms with Crippen LogP contribution in [0.1, 0.15) is 51.4 Å². The molecule has 0 radical (unpaired) electrons. The third-order valence-electron chi connectivity index (χ3n) is 7.79. The Hall–Kier alpha value is -4.40. The molecule has 2 aromatic heterocycles. The first-order valence-electron chi connectivity index (χ1n) is 13.1. The number of pyridine rings is 1. The molecule has 0 bridgehead atoms. The fourth-order valence-electron chi connectivity index (χ4n) is 6.00. The molecule has 1 saturated carbocycles. The Balaban J connectivity index is 1.48. The molecule has 9 nitrogen and oxygen atoms in total. The van der Waals surface area contributed by atoms with Gasteiger partial charge in [0.25, 0.3) is 0 Å². The Labute approximate surface area is 226 Å². The minimum absolute atomic E-state index is 0.152. The average Bonchev–Trinajstić information content (AvgIpc) is 3.18. The van der Waals surface area contributed by atoms with Crippen molar-refractivity contribution in [2.45, 2.75) is 57.7 Å². The summed E-state index contributed by atoms with van der Waals surface area (Å²) in [6.07, 6.45) is 1.66. The highest BCUT2D eigenvalue weighted by atomic mass is 16.5. The third kappa shape index (κ3) is 3.91. The first-order chi connectivity index (χ1) is 18.6. The molecule has 3 heterocycles. The minimum atomic E-state index is -0.906. The van der Waals surface area contributed by atoms with E-state index in [-0.39, 0.29) is 12.3 Å². The number of hydrogen-bond donors (Lipinski definition) is 1. The van der Waals surface area contributed by atoms with Crippen LogP contribution in [0.15, 0.2) is 65.5 Å². The molecule has 2 aromatic carbocycles. The van der Waals surface area contributed by atoms with Crippen LogP contribution in [-0.2, 0) is 19.2 Å². The lowest BCUT2D eigenvalue weighted by Crippen LogP contribution is -2.60. The lowest BCUT2D eigenvalue weighted by molar-refractivity contribution is -0.0328. The zero-order chi connectivity index (χ0) is 27.5. The number of carbonyl (C=O) groups is 1. The molecule has 9 heteroatoms. The van der Waals surface area contributed by atoms with Crippen molar-refractivity contribution in [1.82, 2.24) is 24.2 Å². The van der Waals surface area contributed by atoms with Gasteiger partial charge in [-0.15, -0.1) is 0 Å². The van der Waals surface area contributed by atoms with E-state index in [9.17, 15) is 14.7 Å². The number of hydrogen-bond acceptors (Lipinski definition) is 5. The van der Waals surface area contributed by atoms with Crippen molar-refractivity contribution >= 4 is 6.09 Å². The smallest absolute Gasteiger partial charge is 0.408 e. The normalized spacial score (nSPS) is 15.5. The molecule has 1 aliphatic carbocycles. The maximum absolute atomic E-state index is 12.9. The molecule has 200 valence electrons. The maximum atomic E-state index is 12.9. The van der Waals surface area contributed by atoms with Crippen LogP contribution >= 0.6 is 0 Å². The molecule has 0 unspecified atom stereocenters. The second-order valence-electron chi connectivity index (χ2n) is 11.3. The lowest BCUT2D eigenvalue weighted by atomic mass is 9.69. The lowest BCUT2D eigenvalue weighted by Gasteiger charge is -2.54. The molecular weight excluding hydrogens is 494 g/mol. The van der Waals surface area contributed by atoms with E-state index in [0.29, 0.717) is 17.4 Å². The first kappa shape index (κ1) is 24.9. The molecule has 1 aliphatic heterocycles. The van der Waals surface area contributed by atoms with Gasteiger partial charge in [0.15, 0.2) is 12.4 Å². The van der Waals surface area contributed by atoms with Gasteiger partial charge in [-0.25, -0.2) is 23.8 Å². The second kappa shape index (κ2) is 8.83. The quantitative estimate of drug-likeness (QED) is 0.385. The number of aryl methyl sites for hydroxylation is 1. The monoisotopic (exact) mass is 525 g/mol. The van der Waals surface area contributed by atoms with Crippen LogP contribution in [-0.4, -0.2) is 41.0 Å². The molecule has 39 heavy (non-hydrogen) atoms. The van der Waals surface area contributed by atoms with Gasteiger partial charge in [-0.2, -0.15) is 5.10 Å². The number of fused-ring (bicyclic) bond motifs is 3. The summed E-state index contributed by atoms with van der Waals surface area (Å²) in [5, 5.41) is 14.4. The number of nitrogens with zero attached hydrogens (tertiary/aromatic N) is 5. The van der Waals surface area contributed by atoms with Gasteiger partial charge in [-0.3, -0.25) is 4.90 Å². The summed E-state index contributed by atoms with van der Waals surface area (Å²) < 4.78 is 8.81. The van der Waals surface area contributed by atoms with Gasteiger partial charge in [0.1, 0.15) is 5.69 Å². The van der Waals surface area contributed by atoms with Gasteiger partial charge in [-0.1, -0.05) is 54.6 Å². The Morgan fingerprint density at radius 3 is 2.33 bits per heavy atom. The van der Waals surface area contributed by atoms with Crippen molar-refractivity contribution in [1.29, 1.82) is 0 Å². The molecule has 1 N–H and O–H groups in total. The molecule has 0 spiro atoms. The SMILES string of the molecule is Cn1nc2n(c1=O)-c1cc(-c3ccccc3)c(-c3ccc(C4(N(C(=O)O)C(C)(C)C)CCC4)cc3)nc1OC2. The van der Waals surface area contributed by atoms with Crippen LogP contribution in [0.2, 0.25) is 0 Å². The topological polar surface area (TPSA) is 102 Å². The van der Waals surface area contributed by atoms with E-state index in [4.69, 9.17) is 9.72 Å². The second-order valence-corrected chi connectivity index (χ2v) is 11.3. The number of rotatable bonds is 4. The van der Waals surface area contributed by atoms with Crippen molar-refractivity contribution in [2.24, 2.45) is 7.05 Å². The summed E-state index contributed by atoms with van der Waals surface area (Å²) in [5.41, 5.74) is 3.62. The Kier molecular flexibility index (Phi) is 5.64. The molecule has 6 rings (SSSR count). The summed E-state index contributed by atoms with van der Waals surface area (Å²) >= 11 is 0. The van der Waals surface area contributed by atoms with Gasteiger partial charge in [-0.05, 0) is 57.2 Å². The third-order valence-corrected chi connectivity index (χ3v) is 7.79. The maximum Gasteiger partial charge on any atom is 0.408 e. The van der Waals surface area contributed by atoms with E-state index >= 15 is 0 Å². The van der Waals surface area contributed by atoms with Gasteiger partial charge in [0.05, 0.1) is 11.2 Å². The van der Waals surface area contributed by atoms with Crippen LogP contribution < -0.4 is 10.4 Å². The zero-order valence-electron chi connectivity index (χ0n) is 22.5. The van der Waals surface area contributed by atoms with Crippen LogP contribution in [0.3, 0.4) is 0 Å². The van der Waals surface area contributed by atoms with E-state index in [1.54, 1.807) is 16.5 Å². The Morgan fingerprint density at radius 2 is 1.74 bits per heavy atom. The number of benzene rings is 2. The van der Waals surface area contributed by atoms with Gasteiger partial charge in [0, 0.05) is 23.7 Å². The van der Waals surface area contributed by atoms with E-state index in [2.05, 4.69) is 5.10 Å². The van der Waals surface area contributed by atoms with E-state index < -0.39 is 17.2 Å². The highest BCUT2D eigenvalue weighted by Gasteiger charge is 2.50. The van der Waals surface area contributed by atoms with E-state index in [1.807, 2.05) is 81.4 Å². The summed E-state index contributed by atoms with van der Waals surface area (Å²) in [7, 11) is 1.62. The van der Waals surface area contributed by atoms with Crippen molar-refractivity contribution in [3.8, 4) is 34.0 Å². The number of amides is 1. The number of ether oxygens (including phenoxy) is 1. The Morgan fingerprint density at radius 1 is 1.05 bits per heavy atom.